The van der Waals surface area contributed by atoms with Crippen molar-refractivity contribution in [3.8, 4) is 11.5 Å². The number of nitrogens with one attached hydrogen (secondary N) is 1. The summed E-state index contributed by atoms with van der Waals surface area (Å²) in [6.07, 6.45) is 0.768. The zero-order valence-corrected chi connectivity index (χ0v) is 13.9. The molecule has 1 amide bonds. The Kier molecular flexibility index (Phi) is 5.47. The van der Waals surface area contributed by atoms with Gasteiger partial charge in [0.05, 0.1) is 11.6 Å². The molecule has 1 heterocycles. The minimum atomic E-state index is -0.190. The number of halogens is 1. The van der Waals surface area contributed by atoms with Crippen LogP contribution in [0.15, 0.2) is 16.6 Å². The molecule has 2 rings (SSSR count). The van der Waals surface area contributed by atoms with Crippen LogP contribution in [0.3, 0.4) is 0 Å². The van der Waals surface area contributed by atoms with E-state index in [1.54, 1.807) is 6.07 Å². The van der Waals surface area contributed by atoms with Crippen LogP contribution in [0, 0.1) is 11.8 Å². The van der Waals surface area contributed by atoms with E-state index >= 15 is 0 Å². The molecule has 0 bridgehead atoms. The van der Waals surface area contributed by atoms with Crippen LogP contribution in [0.2, 0.25) is 0 Å². The van der Waals surface area contributed by atoms with Crippen LogP contribution in [-0.4, -0.2) is 25.7 Å². The number of hydrogen-bond donors (Lipinski definition) is 2. The molecule has 5 nitrogen and oxygen atoms in total. The number of amides is 1. The third-order valence-electron chi connectivity index (χ3n) is 3.30. The maximum absolute atomic E-state index is 12.3. The van der Waals surface area contributed by atoms with Crippen molar-refractivity contribution in [2.24, 2.45) is 17.6 Å². The molecule has 0 fully saturated rings. The molecule has 1 aliphatic heterocycles. The Morgan fingerprint density at radius 2 is 1.95 bits per heavy atom. The van der Waals surface area contributed by atoms with Crippen molar-refractivity contribution < 1.29 is 14.3 Å². The predicted molar refractivity (Wildman–Crippen MR) is 85.8 cm³/mol. The van der Waals surface area contributed by atoms with Crippen molar-refractivity contribution in [1.29, 1.82) is 0 Å². The molecule has 1 aliphatic rings. The van der Waals surface area contributed by atoms with Gasteiger partial charge in [-0.3, -0.25) is 4.79 Å². The fourth-order valence-corrected chi connectivity index (χ4v) is 2.70. The number of nitrogens with two attached hydrogens (primary N) is 1. The lowest BCUT2D eigenvalue weighted by atomic mass is 9.96. The quantitative estimate of drug-likeness (QED) is 0.850. The van der Waals surface area contributed by atoms with Crippen LogP contribution in [-0.2, 0) is 4.79 Å². The van der Waals surface area contributed by atoms with E-state index in [0.717, 1.165) is 10.9 Å². The molecule has 3 N–H and O–H groups in total. The van der Waals surface area contributed by atoms with E-state index in [1.807, 2.05) is 6.07 Å². The van der Waals surface area contributed by atoms with Crippen LogP contribution in [0.25, 0.3) is 0 Å². The van der Waals surface area contributed by atoms with Crippen molar-refractivity contribution in [1.82, 2.24) is 0 Å². The molecule has 1 aromatic carbocycles. The van der Waals surface area contributed by atoms with Crippen LogP contribution >= 0.6 is 15.9 Å². The summed E-state index contributed by atoms with van der Waals surface area (Å²) < 4.78 is 11.8. The molecule has 0 radical (unpaired) electrons. The third-order valence-corrected chi connectivity index (χ3v) is 3.96. The Balaban J connectivity index is 2.13. The van der Waals surface area contributed by atoms with Gasteiger partial charge in [0, 0.05) is 23.2 Å². The Bertz CT molecular complexity index is 520. The van der Waals surface area contributed by atoms with Gasteiger partial charge >= 0.3 is 0 Å². The van der Waals surface area contributed by atoms with Crippen LogP contribution in [0.5, 0.6) is 11.5 Å². The van der Waals surface area contributed by atoms with E-state index in [4.69, 9.17) is 15.2 Å². The summed E-state index contributed by atoms with van der Waals surface area (Å²) in [7, 11) is 0. The summed E-state index contributed by atoms with van der Waals surface area (Å²) in [5.74, 6) is 1.50. The molecule has 1 unspecified atom stereocenters. The second-order valence-corrected chi connectivity index (χ2v) is 6.38. The summed E-state index contributed by atoms with van der Waals surface area (Å²) in [5.41, 5.74) is 6.38. The molecular weight excluding hydrogens is 336 g/mol. The minimum Gasteiger partial charge on any atom is -0.486 e. The molecule has 1 aromatic rings. The van der Waals surface area contributed by atoms with E-state index in [0.29, 0.717) is 42.9 Å². The molecule has 0 spiro atoms. The highest BCUT2D eigenvalue weighted by Gasteiger charge is 2.21. The lowest BCUT2D eigenvalue weighted by molar-refractivity contribution is -0.120. The van der Waals surface area contributed by atoms with E-state index in [9.17, 15) is 4.79 Å². The average molecular weight is 357 g/mol. The van der Waals surface area contributed by atoms with Crippen molar-refractivity contribution in [3.63, 3.8) is 0 Å². The summed E-state index contributed by atoms with van der Waals surface area (Å²) in [5, 5.41) is 2.92. The predicted octanol–water partition coefficient (Wildman–Crippen LogP) is 2.78. The highest BCUT2D eigenvalue weighted by Crippen LogP contribution is 2.38. The van der Waals surface area contributed by atoms with E-state index < -0.39 is 0 Å². The number of hydrogen-bond acceptors (Lipinski definition) is 4. The van der Waals surface area contributed by atoms with Gasteiger partial charge in [-0.15, -0.1) is 0 Å². The second kappa shape index (κ2) is 7.13. The van der Waals surface area contributed by atoms with E-state index in [-0.39, 0.29) is 11.8 Å². The first-order valence-electron chi connectivity index (χ1n) is 7.11. The molecule has 0 aliphatic carbocycles. The SMILES string of the molecule is CC(C)CC(CN)C(=O)Nc1cc2c(cc1Br)OCCO2. The van der Waals surface area contributed by atoms with Gasteiger partial charge in [0.15, 0.2) is 11.5 Å². The Labute approximate surface area is 133 Å². The van der Waals surface area contributed by atoms with Crippen molar-refractivity contribution in [2.45, 2.75) is 20.3 Å². The summed E-state index contributed by atoms with van der Waals surface area (Å²) in [6, 6.07) is 3.59. The topological polar surface area (TPSA) is 73.6 Å². The normalized spacial score (nSPS) is 14.9. The fraction of sp³-hybridized carbons (Fsp3) is 0.533. The number of anilines is 1. The number of rotatable bonds is 5. The van der Waals surface area contributed by atoms with Gasteiger partial charge in [-0.2, -0.15) is 0 Å². The van der Waals surface area contributed by atoms with Crippen molar-refractivity contribution in [2.75, 3.05) is 25.1 Å². The van der Waals surface area contributed by atoms with Crippen LogP contribution in [0.1, 0.15) is 20.3 Å². The van der Waals surface area contributed by atoms with Crippen LogP contribution in [0.4, 0.5) is 5.69 Å². The Morgan fingerprint density at radius 3 is 2.52 bits per heavy atom. The molecule has 116 valence electrons. The van der Waals surface area contributed by atoms with Crippen molar-refractivity contribution in [3.05, 3.63) is 16.6 Å². The number of ether oxygens (including phenoxy) is 2. The second-order valence-electron chi connectivity index (χ2n) is 5.53. The largest absolute Gasteiger partial charge is 0.486 e. The first-order chi connectivity index (χ1) is 10.0. The summed E-state index contributed by atoms with van der Waals surface area (Å²) in [4.78, 5) is 12.3. The maximum Gasteiger partial charge on any atom is 0.228 e. The Hall–Kier alpha value is -1.27. The fourth-order valence-electron chi connectivity index (χ4n) is 2.27. The molecular formula is C15H21BrN2O3. The van der Waals surface area contributed by atoms with Gasteiger partial charge in [-0.05, 0) is 28.3 Å². The van der Waals surface area contributed by atoms with E-state index in [2.05, 4.69) is 35.1 Å². The minimum absolute atomic E-state index is 0.0661. The summed E-state index contributed by atoms with van der Waals surface area (Å²) >= 11 is 3.44. The average Bonchev–Trinajstić information content (AvgIpc) is 2.45. The third kappa shape index (κ3) is 4.11. The number of benzene rings is 1. The monoisotopic (exact) mass is 356 g/mol. The van der Waals surface area contributed by atoms with Gasteiger partial charge < -0.3 is 20.5 Å². The number of carbonyl (C=O) groups excluding carboxylic acids is 1. The zero-order valence-electron chi connectivity index (χ0n) is 12.3. The van der Waals surface area contributed by atoms with E-state index in [1.165, 1.54) is 0 Å². The number of carbonyl (C=O) groups is 1. The number of fused-ring (bicyclic) bond motifs is 1. The van der Waals surface area contributed by atoms with Gasteiger partial charge in [0.25, 0.3) is 0 Å². The van der Waals surface area contributed by atoms with Gasteiger partial charge in [0.1, 0.15) is 13.2 Å². The maximum atomic E-state index is 12.3. The molecule has 6 heteroatoms. The Morgan fingerprint density at radius 1 is 1.33 bits per heavy atom. The molecule has 21 heavy (non-hydrogen) atoms. The lowest BCUT2D eigenvalue weighted by Gasteiger charge is -2.21. The standard InChI is InChI=1S/C15H21BrN2O3/c1-9(2)5-10(8-17)15(19)18-12-7-14-13(6-11(12)16)20-3-4-21-14/h6-7,9-10H,3-5,8,17H2,1-2H3,(H,18,19). The molecule has 1 atom stereocenters. The first-order valence-corrected chi connectivity index (χ1v) is 7.90. The molecule has 0 saturated heterocycles. The van der Waals surface area contributed by atoms with Crippen LogP contribution < -0.4 is 20.5 Å². The highest BCUT2D eigenvalue weighted by atomic mass is 79.9. The smallest absolute Gasteiger partial charge is 0.228 e. The highest BCUT2D eigenvalue weighted by molar-refractivity contribution is 9.10. The van der Waals surface area contributed by atoms with Gasteiger partial charge in [-0.25, -0.2) is 0 Å². The van der Waals surface area contributed by atoms with Crippen molar-refractivity contribution >= 4 is 27.5 Å². The van der Waals surface area contributed by atoms with Gasteiger partial charge in [-0.1, -0.05) is 13.8 Å². The summed E-state index contributed by atoms with van der Waals surface area (Å²) in [6.45, 7) is 5.55. The molecule has 0 saturated carbocycles. The van der Waals surface area contributed by atoms with Gasteiger partial charge in [0.2, 0.25) is 5.91 Å². The zero-order chi connectivity index (χ0) is 15.4. The lowest BCUT2D eigenvalue weighted by Crippen LogP contribution is -2.30. The first kappa shape index (κ1) is 16.1. The molecule has 0 aromatic heterocycles.